The number of nitrogens with two attached hydrogens (primary N) is 1. The van der Waals surface area contributed by atoms with Gasteiger partial charge in [-0.25, -0.2) is 8.42 Å². The number of sulfone groups is 1. The van der Waals surface area contributed by atoms with Crippen LogP contribution in [0.1, 0.15) is 18.4 Å². The molecule has 0 atom stereocenters. The molecule has 15 heavy (non-hydrogen) atoms. The van der Waals surface area contributed by atoms with Gasteiger partial charge in [-0.3, -0.25) is 0 Å². The van der Waals surface area contributed by atoms with Crippen LogP contribution in [-0.4, -0.2) is 21.2 Å². The minimum absolute atomic E-state index is 0.396. The summed E-state index contributed by atoms with van der Waals surface area (Å²) in [6.07, 6.45) is 4.10. The molecule has 0 saturated heterocycles. The number of benzene rings is 1. The van der Waals surface area contributed by atoms with Gasteiger partial charge in [0.1, 0.15) is 0 Å². The Morgan fingerprint density at radius 1 is 1.27 bits per heavy atom. The first kappa shape index (κ1) is 12.2. The Labute approximate surface area is 91.2 Å². The van der Waals surface area contributed by atoms with Crippen LogP contribution in [-0.2, 0) is 16.3 Å². The second-order valence-electron chi connectivity index (χ2n) is 3.67. The van der Waals surface area contributed by atoms with Crippen molar-refractivity contribution in [3.63, 3.8) is 0 Å². The zero-order valence-corrected chi connectivity index (χ0v) is 9.76. The Morgan fingerprint density at radius 3 is 2.60 bits per heavy atom. The summed E-state index contributed by atoms with van der Waals surface area (Å²) in [7, 11) is -3.08. The van der Waals surface area contributed by atoms with Gasteiger partial charge in [-0.15, -0.1) is 0 Å². The molecule has 4 heteroatoms. The molecule has 0 bridgehead atoms. The SMILES string of the molecule is CS(=O)(=O)c1cccc(CCCCN)c1. The van der Waals surface area contributed by atoms with Crippen molar-refractivity contribution in [1.82, 2.24) is 0 Å². The fraction of sp³-hybridized carbons (Fsp3) is 0.455. The van der Waals surface area contributed by atoms with Crippen molar-refractivity contribution in [3.8, 4) is 0 Å². The van der Waals surface area contributed by atoms with Crippen LogP contribution in [0.2, 0.25) is 0 Å². The molecule has 0 aliphatic rings. The zero-order chi connectivity index (χ0) is 11.3. The third-order valence-corrected chi connectivity index (χ3v) is 3.36. The summed E-state index contributed by atoms with van der Waals surface area (Å²) >= 11 is 0. The van der Waals surface area contributed by atoms with Crippen LogP contribution in [0.25, 0.3) is 0 Å². The molecule has 2 N–H and O–H groups in total. The molecule has 0 aliphatic heterocycles. The number of unbranched alkanes of at least 4 members (excludes halogenated alkanes) is 1. The zero-order valence-electron chi connectivity index (χ0n) is 8.94. The first-order chi connectivity index (χ1) is 7.04. The van der Waals surface area contributed by atoms with Crippen LogP contribution in [0.3, 0.4) is 0 Å². The van der Waals surface area contributed by atoms with Gasteiger partial charge in [0.2, 0.25) is 0 Å². The Hall–Kier alpha value is -0.870. The summed E-state index contributed by atoms with van der Waals surface area (Å²) in [5.41, 5.74) is 6.46. The van der Waals surface area contributed by atoms with Crippen molar-refractivity contribution in [2.45, 2.75) is 24.2 Å². The van der Waals surface area contributed by atoms with Gasteiger partial charge in [-0.2, -0.15) is 0 Å². The molecule has 0 fully saturated rings. The monoisotopic (exact) mass is 227 g/mol. The molecular weight excluding hydrogens is 210 g/mol. The Kier molecular flexibility index (Phi) is 4.29. The maximum absolute atomic E-state index is 11.3. The lowest BCUT2D eigenvalue weighted by Crippen LogP contribution is -2.00. The average Bonchev–Trinajstić information content (AvgIpc) is 2.17. The molecule has 0 heterocycles. The molecule has 1 rings (SSSR count). The van der Waals surface area contributed by atoms with Crippen molar-refractivity contribution < 1.29 is 8.42 Å². The van der Waals surface area contributed by atoms with E-state index in [2.05, 4.69) is 0 Å². The van der Waals surface area contributed by atoms with E-state index in [9.17, 15) is 8.42 Å². The highest BCUT2D eigenvalue weighted by Gasteiger charge is 2.06. The molecule has 1 aromatic rings. The third-order valence-electron chi connectivity index (χ3n) is 2.25. The van der Waals surface area contributed by atoms with Gasteiger partial charge in [0.05, 0.1) is 4.90 Å². The van der Waals surface area contributed by atoms with E-state index >= 15 is 0 Å². The van der Waals surface area contributed by atoms with Crippen molar-refractivity contribution in [1.29, 1.82) is 0 Å². The van der Waals surface area contributed by atoms with Gasteiger partial charge in [-0.1, -0.05) is 12.1 Å². The summed E-state index contributed by atoms with van der Waals surface area (Å²) in [6, 6.07) is 7.10. The molecule has 0 radical (unpaired) electrons. The van der Waals surface area contributed by atoms with Crippen molar-refractivity contribution in [2.75, 3.05) is 12.8 Å². The van der Waals surface area contributed by atoms with Crippen LogP contribution in [0, 0.1) is 0 Å². The highest BCUT2D eigenvalue weighted by Crippen LogP contribution is 2.13. The largest absolute Gasteiger partial charge is 0.330 e. The summed E-state index contributed by atoms with van der Waals surface area (Å²) in [5, 5.41) is 0. The summed E-state index contributed by atoms with van der Waals surface area (Å²) in [4.78, 5) is 0.396. The maximum atomic E-state index is 11.3. The topological polar surface area (TPSA) is 60.2 Å². The van der Waals surface area contributed by atoms with Gasteiger partial charge in [0.25, 0.3) is 0 Å². The maximum Gasteiger partial charge on any atom is 0.175 e. The fourth-order valence-electron chi connectivity index (χ4n) is 1.41. The van der Waals surface area contributed by atoms with Crippen molar-refractivity contribution in [2.24, 2.45) is 5.73 Å². The lowest BCUT2D eigenvalue weighted by Gasteiger charge is -2.03. The standard InChI is InChI=1S/C11H17NO2S/c1-15(13,14)11-7-4-6-10(9-11)5-2-3-8-12/h4,6-7,9H,2-3,5,8,12H2,1H3. The normalized spacial score (nSPS) is 11.6. The minimum Gasteiger partial charge on any atom is -0.330 e. The minimum atomic E-state index is -3.08. The highest BCUT2D eigenvalue weighted by molar-refractivity contribution is 7.90. The number of hydrogen-bond donors (Lipinski definition) is 1. The van der Waals surface area contributed by atoms with Gasteiger partial charge in [0, 0.05) is 6.26 Å². The quantitative estimate of drug-likeness (QED) is 0.773. The van der Waals surface area contributed by atoms with Crippen molar-refractivity contribution >= 4 is 9.84 Å². The van der Waals surface area contributed by atoms with E-state index in [1.807, 2.05) is 6.07 Å². The van der Waals surface area contributed by atoms with E-state index in [1.54, 1.807) is 18.2 Å². The second-order valence-corrected chi connectivity index (χ2v) is 5.68. The molecule has 0 amide bonds. The molecule has 0 aliphatic carbocycles. The van der Waals surface area contributed by atoms with E-state index in [0.29, 0.717) is 11.4 Å². The van der Waals surface area contributed by atoms with Crippen LogP contribution in [0.15, 0.2) is 29.2 Å². The number of hydrogen-bond acceptors (Lipinski definition) is 3. The Balaban J connectivity index is 2.75. The van der Waals surface area contributed by atoms with E-state index in [0.717, 1.165) is 24.8 Å². The molecule has 0 saturated carbocycles. The number of aryl methyl sites for hydroxylation is 1. The highest BCUT2D eigenvalue weighted by atomic mass is 32.2. The molecule has 0 unspecified atom stereocenters. The Morgan fingerprint density at radius 2 is 2.00 bits per heavy atom. The fourth-order valence-corrected chi connectivity index (χ4v) is 2.10. The van der Waals surface area contributed by atoms with Gasteiger partial charge < -0.3 is 5.73 Å². The van der Waals surface area contributed by atoms with E-state index in [-0.39, 0.29) is 0 Å². The van der Waals surface area contributed by atoms with Gasteiger partial charge >= 0.3 is 0 Å². The lowest BCUT2D eigenvalue weighted by molar-refractivity contribution is 0.601. The van der Waals surface area contributed by atoms with E-state index in [1.165, 1.54) is 6.26 Å². The average molecular weight is 227 g/mol. The summed E-state index contributed by atoms with van der Waals surface area (Å²) in [5.74, 6) is 0. The summed E-state index contributed by atoms with van der Waals surface area (Å²) < 4.78 is 22.6. The smallest absolute Gasteiger partial charge is 0.175 e. The molecule has 3 nitrogen and oxygen atoms in total. The van der Waals surface area contributed by atoms with Crippen LogP contribution >= 0.6 is 0 Å². The van der Waals surface area contributed by atoms with Gasteiger partial charge in [-0.05, 0) is 43.5 Å². The van der Waals surface area contributed by atoms with E-state index < -0.39 is 9.84 Å². The number of rotatable bonds is 5. The first-order valence-corrected chi connectivity index (χ1v) is 6.92. The molecular formula is C11H17NO2S. The first-order valence-electron chi connectivity index (χ1n) is 5.03. The predicted molar refractivity (Wildman–Crippen MR) is 61.5 cm³/mol. The lowest BCUT2D eigenvalue weighted by atomic mass is 10.1. The Bertz CT molecular complexity index is 412. The molecule has 0 aromatic heterocycles. The summed E-state index contributed by atoms with van der Waals surface area (Å²) in [6.45, 7) is 0.686. The van der Waals surface area contributed by atoms with Crippen molar-refractivity contribution in [3.05, 3.63) is 29.8 Å². The van der Waals surface area contributed by atoms with Crippen LogP contribution < -0.4 is 5.73 Å². The molecule has 1 aromatic carbocycles. The van der Waals surface area contributed by atoms with Gasteiger partial charge in [0.15, 0.2) is 9.84 Å². The van der Waals surface area contributed by atoms with Crippen LogP contribution in [0.4, 0.5) is 0 Å². The van der Waals surface area contributed by atoms with E-state index in [4.69, 9.17) is 5.73 Å². The third kappa shape index (κ3) is 4.01. The predicted octanol–water partition coefficient (Wildman–Crippen LogP) is 1.37. The molecule has 0 spiro atoms. The second kappa shape index (κ2) is 5.28. The molecule has 84 valence electrons. The van der Waals surface area contributed by atoms with Crippen LogP contribution in [0.5, 0.6) is 0 Å².